The summed E-state index contributed by atoms with van der Waals surface area (Å²) in [5, 5.41) is 6.72. The highest BCUT2D eigenvalue weighted by Crippen LogP contribution is 2.10. The molecule has 0 unspecified atom stereocenters. The van der Waals surface area contributed by atoms with Gasteiger partial charge in [-0.25, -0.2) is 8.42 Å². The Hall–Kier alpha value is -1.60. The van der Waals surface area contributed by atoms with Crippen molar-refractivity contribution in [3.05, 3.63) is 35.9 Å². The maximum Gasteiger partial charge on any atom is 0.191 e. The first-order valence-corrected chi connectivity index (χ1v) is 11.8. The van der Waals surface area contributed by atoms with Crippen LogP contribution in [0.25, 0.3) is 0 Å². The molecule has 0 bridgehead atoms. The third-order valence-corrected chi connectivity index (χ3v) is 6.53. The number of benzene rings is 1. The largest absolute Gasteiger partial charge is 0.356 e. The van der Waals surface area contributed by atoms with E-state index in [-0.39, 0.29) is 11.5 Å². The van der Waals surface area contributed by atoms with Crippen LogP contribution in [-0.2, 0) is 15.6 Å². The number of hydrogen-bond acceptors (Lipinski definition) is 4. The van der Waals surface area contributed by atoms with Crippen molar-refractivity contribution >= 4 is 15.8 Å². The van der Waals surface area contributed by atoms with E-state index in [2.05, 4.69) is 27.4 Å². The summed E-state index contributed by atoms with van der Waals surface area (Å²) in [5.74, 6) is 1.06. The second-order valence-electron chi connectivity index (χ2n) is 7.19. The molecule has 27 heavy (non-hydrogen) atoms. The number of rotatable bonds is 9. The quantitative estimate of drug-likeness (QED) is 0.381. The van der Waals surface area contributed by atoms with Gasteiger partial charge in [-0.3, -0.25) is 4.99 Å². The van der Waals surface area contributed by atoms with Gasteiger partial charge in [-0.2, -0.15) is 0 Å². The van der Waals surface area contributed by atoms with Crippen LogP contribution in [0.5, 0.6) is 0 Å². The van der Waals surface area contributed by atoms with Crippen molar-refractivity contribution < 1.29 is 8.42 Å². The summed E-state index contributed by atoms with van der Waals surface area (Å²) in [4.78, 5) is 6.78. The molecule has 152 valence electrons. The van der Waals surface area contributed by atoms with Crippen molar-refractivity contribution in [2.24, 2.45) is 4.99 Å². The lowest BCUT2D eigenvalue weighted by Gasteiger charge is -2.32. The Kier molecular flexibility index (Phi) is 9.07. The summed E-state index contributed by atoms with van der Waals surface area (Å²) in [6.45, 7) is 6.25. The van der Waals surface area contributed by atoms with Gasteiger partial charge in [0.2, 0.25) is 0 Å². The lowest BCUT2D eigenvalue weighted by molar-refractivity contribution is 0.206. The predicted molar refractivity (Wildman–Crippen MR) is 113 cm³/mol. The molecule has 1 saturated heterocycles. The molecular formula is C20H34N4O2S. The Morgan fingerprint density at radius 1 is 1.22 bits per heavy atom. The van der Waals surface area contributed by atoms with Gasteiger partial charge in [-0.1, -0.05) is 37.3 Å². The zero-order chi connectivity index (χ0) is 19.5. The number of likely N-dealkylation sites (tertiary alicyclic amines) is 1. The Bertz CT molecular complexity index is 668. The van der Waals surface area contributed by atoms with Crippen LogP contribution in [0.15, 0.2) is 35.3 Å². The smallest absolute Gasteiger partial charge is 0.191 e. The van der Waals surface area contributed by atoms with Gasteiger partial charge >= 0.3 is 0 Å². The van der Waals surface area contributed by atoms with Crippen LogP contribution in [0, 0.1) is 0 Å². The first-order valence-electron chi connectivity index (χ1n) is 9.96. The highest BCUT2D eigenvalue weighted by atomic mass is 32.2. The third-order valence-electron chi connectivity index (χ3n) is 4.85. The normalized spacial score (nSPS) is 17.0. The Labute approximate surface area is 164 Å². The van der Waals surface area contributed by atoms with E-state index in [9.17, 15) is 8.42 Å². The van der Waals surface area contributed by atoms with Crippen LogP contribution in [-0.4, -0.2) is 64.3 Å². The number of nitrogens with zero attached hydrogens (tertiary/aromatic N) is 2. The fourth-order valence-electron chi connectivity index (χ4n) is 3.40. The lowest BCUT2D eigenvalue weighted by Crippen LogP contribution is -2.49. The monoisotopic (exact) mass is 394 g/mol. The van der Waals surface area contributed by atoms with Crippen molar-refractivity contribution in [2.45, 2.75) is 44.4 Å². The molecule has 0 spiro atoms. The minimum atomic E-state index is -3.08. The maximum absolute atomic E-state index is 12.2. The van der Waals surface area contributed by atoms with Crippen molar-refractivity contribution in [2.75, 3.05) is 39.0 Å². The standard InChI is InChI=1S/C20H34N4O2S/c1-3-13-24-14-10-19(11-15-24)23-20(21-2)22-12-7-16-27(25,26)17-18-8-5-4-6-9-18/h4-6,8-9,19H,3,7,10-17H2,1-2H3,(H2,21,22,23). The molecule has 7 heteroatoms. The fraction of sp³-hybridized carbons (Fsp3) is 0.650. The van der Waals surface area contributed by atoms with Crippen LogP contribution in [0.3, 0.4) is 0 Å². The Balaban J connectivity index is 1.66. The van der Waals surface area contributed by atoms with Crippen LogP contribution in [0.4, 0.5) is 0 Å². The SMILES string of the molecule is CCCN1CCC(NC(=NC)NCCCS(=O)(=O)Cc2ccccc2)CC1. The van der Waals surface area contributed by atoms with Crippen LogP contribution < -0.4 is 10.6 Å². The van der Waals surface area contributed by atoms with E-state index in [1.807, 2.05) is 30.3 Å². The zero-order valence-corrected chi connectivity index (χ0v) is 17.5. The summed E-state index contributed by atoms with van der Waals surface area (Å²) in [6, 6.07) is 9.78. The van der Waals surface area contributed by atoms with Crippen LogP contribution in [0.1, 0.15) is 38.2 Å². The topological polar surface area (TPSA) is 73.8 Å². The van der Waals surface area contributed by atoms with Gasteiger partial charge in [-0.15, -0.1) is 0 Å². The lowest BCUT2D eigenvalue weighted by atomic mass is 10.1. The number of sulfone groups is 1. The van der Waals surface area contributed by atoms with Crippen molar-refractivity contribution in [3.63, 3.8) is 0 Å². The van der Waals surface area contributed by atoms with Crippen molar-refractivity contribution in [3.8, 4) is 0 Å². The summed E-state index contributed by atoms with van der Waals surface area (Å²) >= 11 is 0. The molecule has 2 N–H and O–H groups in total. The molecule has 1 aliphatic heterocycles. The molecule has 1 aliphatic rings. The molecule has 1 aromatic rings. The van der Waals surface area contributed by atoms with Crippen LogP contribution in [0.2, 0.25) is 0 Å². The molecule has 0 atom stereocenters. The zero-order valence-electron chi connectivity index (χ0n) is 16.7. The van der Waals surface area contributed by atoms with Crippen LogP contribution >= 0.6 is 0 Å². The predicted octanol–water partition coefficient (Wildman–Crippen LogP) is 2.03. The average Bonchev–Trinajstić information content (AvgIpc) is 2.66. The fourth-order valence-corrected chi connectivity index (χ4v) is 4.83. The molecule has 6 nitrogen and oxygen atoms in total. The summed E-state index contributed by atoms with van der Waals surface area (Å²) in [6.07, 6.45) is 4.01. The van der Waals surface area contributed by atoms with Crippen molar-refractivity contribution in [1.82, 2.24) is 15.5 Å². The van der Waals surface area contributed by atoms with Gasteiger partial charge in [0.1, 0.15) is 0 Å². The summed E-state index contributed by atoms with van der Waals surface area (Å²) in [5.41, 5.74) is 0.845. The molecular weight excluding hydrogens is 360 g/mol. The number of hydrogen-bond donors (Lipinski definition) is 2. The first kappa shape index (κ1) is 21.7. The Morgan fingerprint density at radius 3 is 2.56 bits per heavy atom. The van der Waals surface area contributed by atoms with E-state index in [1.54, 1.807) is 7.05 Å². The minimum absolute atomic E-state index is 0.108. The molecule has 0 radical (unpaired) electrons. The van der Waals surface area contributed by atoms with Gasteiger partial charge in [-0.05, 0) is 37.8 Å². The van der Waals surface area contributed by atoms with Gasteiger partial charge < -0.3 is 15.5 Å². The second kappa shape index (κ2) is 11.3. The molecule has 2 rings (SSSR count). The second-order valence-corrected chi connectivity index (χ2v) is 9.37. The van der Waals surface area contributed by atoms with E-state index in [1.165, 1.54) is 13.0 Å². The number of guanidine groups is 1. The third kappa shape index (κ3) is 8.30. The van der Waals surface area contributed by atoms with E-state index < -0.39 is 9.84 Å². The highest BCUT2D eigenvalue weighted by molar-refractivity contribution is 7.90. The molecule has 1 heterocycles. The molecule has 1 aromatic carbocycles. The van der Waals surface area contributed by atoms with E-state index >= 15 is 0 Å². The van der Waals surface area contributed by atoms with E-state index in [4.69, 9.17) is 0 Å². The van der Waals surface area contributed by atoms with Gasteiger partial charge in [0.25, 0.3) is 0 Å². The van der Waals surface area contributed by atoms with Gasteiger partial charge in [0, 0.05) is 32.7 Å². The summed E-state index contributed by atoms with van der Waals surface area (Å²) < 4.78 is 24.5. The summed E-state index contributed by atoms with van der Waals surface area (Å²) in [7, 11) is -1.33. The Morgan fingerprint density at radius 2 is 1.93 bits per heavy atom. The first-order chi connectivity index (χ1) is 13.0. The number of nitrogens with one attached hydrogen (secondary N) is 2. The van der Waals surface area contributed by atoms with Gasteiger partial charge in [0.05, 0.1) is 11.5 Å². The molecule has 1 fully saturated rings. The van der Waals surface area contributed by atoms with Crippen molar-refractivity contribution in [1.29, 1.82) is 0 Å². The van der Waals surface area contributed by atoms with Gasteiger partial charge in [0.15, 0.2) is 15.8 Å². The number of aliphatic imine (C=N–C) groups is 1. The molecule has 0 amide bonds. The van der Waals surface area contributed by atoms with E-state index in [0.717, 1.165) is 37.5 Å². The maximum atomic E-state index is 12.2. The molecule has 0 aromatic heterocycles. The average molecular weight is 395 g/mol. The molecule has 0 aliphatic carbocycles. The minimum Gasteiger partial charge on any atom is -0.356 e. The number of piperidine rings is 1. The van der Waals surface area contributed by atoms with E-state index in [0.29, 0.717) is 19.0 Å². The highest BCUT2D eigenvalue weighted by Gasteiger charge is 2.19. The molecule has 0 saturated carbocycles.